The number of hydrogen-bond donors (Lipinski definition) is 1. The molecule has 136 valence electrons. The first-order valence-electron chi connectivity index (χ1n) is 7.86. The molecule has 27 heavy (non-hydrogen) atoms. The molecule has 0 radical (unpaired) electrons. The molecule has 0 amide bonds. The summed E-state index contributed by atoms with van der Waals surface area (Å²) in [6.07, 6.45) is -4.49. The van der Waals surface area contributed by atoms with E-state index in [2.05, 4.69) is 4.98 Å². The summed E-state index contributed by atoms with van der Waals surface area (Å²) < 4.78 is 39.4. The first kappa shape index (κ1) is 18.7. The molecule has 0 aliphatic heterocycles. The molecule has 0 fully saturated rings. The van der Waals surface area contributed by atoms with Gasteiger partial charge in [-0.05, 0) is 42.3 Å². The van der Waals surface area contributed by atoms with Crippen LogP contribution in [0.5, 0.6) is 0 Å². The van der Waals surface area contributed by atoms with Crippen molar-refractivity contribution in [3.8, 4) is 28.5 Å². The predicted octanol–water partition coefficient (Wildman–Crippen LogP) is 5.85. The van der Waals surface area contributed by atoms with E-state index in [1.165, 1.54) is 12.1 Å². The summed E-state index contributed by atoms with van der Waals surface area (Å²) in [6.45, 7) is 1.69. The second-order valence-electron chi connectivity index (χ2n) is 5.92. The van der Waals surface area contributed by atoms with Crippen molar-refractivity contribution >= 4 is 17.4 Å². The molecule has 0 spiro atoms. The minimum Gasteiger partial charge on any atom is -0.383 e. The molecule has 0 saturated heterocycles. The van der Waals surface area contributed by atoms with Crippen molar-refractivity contribution in [2.45, 2.75) is 13.1 Å². The van der Waals surface area contributed by atoms with E-state index < -0.39 is 11.7 Å². The fourth-order valence-electron chi connectivity index (χ4n) is 2.94. The van der Waals surface area contributed by atoms with Crippen molar-refractivity contribution < 1.29 is 13.2 Å². The quantitative estimate of drug-likeness (QED) is 0.599. The van der Waals surface area contributed by atoms with E-state index >= 15 is 0 Å². The number of benzene rings is 2. The maximum absolute atomic E-state index is 13.1. The first-order valence-corrected chi connectivity index (χ1v) is 8.24. The summed E-state index contributed by atoms with van der Waals surface area (Å²) in [7, 11) is 0. The number of rotatable bonds is 2. The lowest BCUT2D eigenvalue weighted by molar-refractivity contribution is -0.137. The van der Waals surface area contributed by atoms with Gasteiger partial charge in [0.05, 0.1) is 11.3 Å². The van der Waals surface area contributed by atoms with Crippen LogP contribution in [0.3, 0.4) is 0 Å². The van der Waals surface area contributed by atoms with E-state index in [0.29, 0.717) is 27.4 Å². The highest BCUT2D eigenvalue weighted by Gasteiger charge is 2.31. The van der Waals surface area contributed by atoms with Crippen LogP contribution in [0.2, 0.25) is 5.02 Å². The largest absolute Gasteiger partial charge is 0.416 e. The van der Waals surface area contributed by atoms with E-state index in [9.17, 15) is 18.4 Å². The Morgan fingerprint density at radius 3 is 2.37 bits per heavy atom. The number of pyridine rings is 1. The van der Waals surface area contributed by atoms with Gasteiger partial charge in [0, 0.05) is 16.1 Å². The van der Waals surface area contributed by atoms with Gasteiger partial charge in [0.15, 0.2) is 0 Å². The fraction of sp³-hybridized carbons (Fsp3) is 0.100. The molecule has 0 bridgehead atoms. The average molecular weight is 388 g/mol. The molecule has 0 aliphatic rings. The Balaban J connectivity index is 2.32. The third kappa shape index (κ3) is 3.60. The Morgan fingerprint density at radius 2 is 1.74 bits per heavy atom. The minimum atomic E-state index is -4.49. The SMILES string of the molecule is Cc1c(-c2cccc(Cl)c2)nc(N)c(C#N)c1-c1cccc(C(F)(F)F)c1. The van der Waals surface area contributed by atoms with E-state index in [1.54, 1.807) is 31.2 Å². The Bertz CT molecular complexity index is 1070. The van der Waals surface area contributed by atoms with Gasteiger partial charge < -0.3 is 5.73 Å². The summed E-state index contributed by atoms with van der Waals surface area (Å²) >= 11 is 6.04. The van der Waals surface area contributed by atoms with Crippen LogP contribution in [0.15, 0.2) is 48.5 Å². The van der Waals surface area contributed by atoms with Crippen LogP contribution >= 0.6 is 11.6 Å². The van der Waals surface area contributed by atoms with Crippen LogP contribution in [0.25, 0.3) is 22.4 Å². The zero-order valence-electron chi connectivity index (χ0n) is 14.1. The highest BCUT2D eigenvalue weighted by Crippen LogP contribution is 2.38. The zero-order valence-corrected chi connectivity index (χ0v) is 14.9. The highest BCUT2D eigenvalue weighted by atomic mass is 35.5. The number of nitrogen functional groups attached to an aromatic ring is 1. The molecule has 0 atom stereocenters. The Labute approximate surface area is 158 Å². The van der Waals surface area contributed by atoms with Crippen molar-refractivity contribution in [1.29, 1.82) is 5.26 Å². The van der Waals surface area contributed by atoms with Crippen molar-refractivity contribution in [3.63, 3.8) is 0 Å². The molecule has 0 unspecified atom stereocenters. The van der Waals surface area contributed by atoms with E-state index in [-0.39, 0.29) is 16.9 Å². The van der Waals surface area contributed by atoms with E-state index in [1.807, 2.05) is 6.07 Å². The lowest BCUT2D eigenvalue weighted by atomic mass is 9.92. The van der Waals surface area contributed by atoms with Crippen molar-refractivity contribution in [1.82, 2.24) is 4.98 Å². The highest BCUT2D eigenvalue weighted by molar-refractivity contribution is 6.30. The minimum absolute atomic E-state index is 0.0394. The summed E-state index contributed by atoms with van der Waals surface area (Å²) in [5.74, 6) is -0.0505. The smallest absolute Gasteiger partial charge is 0.383 e. The van der Waals surface area contributed by atoms with Crippen LogP contribution in [0.4, 0.5) is 19.0 Å². The van der Waals surface area contributed by atoms with Gasteiger partial charge in [-0.25, -0.2) is 4.98 Å². The monoisotopic (exact) mass is 387 g/mol. The summed E-state index contributed by atoms with van der Waals surface area (Å²) in [4.78, 5) is 4.29. The second kappa shape index (κ2) is 6.93. The Morgan fingerprint density at radius 1 is 1.07 bits per heavy atom. The van der Waals surface area contributed by atoms with Gasteiger partial charge in [0.2, 0.25) is 0 Å². The van der Waals surface area contributed by atoms with Crippen LogP contribution in [0.1, 0.15) is 16.7 Å². The molecule has 3 aromatic rings. The van der Waals surface area contributed by atoms with Gasteiger partial charge in [-0.3, -0.25) is 0 Å². The third-order valence-corrected chi connectivity index (χ3v) is 4.39. The third-order valence-electron chi connectivity index (χ3n) is 4.16. The fourth-order valence-corrected chi connectivity index (χ4v) is 3.13. The summed E-state index contributed by atoms with van der Waals surface area (Å²) in [5.41, 5.74) is 7.42. The molecule has 7 heteroatoms. The van der Waals surface area contributed by atoms with Gasteiger partial charge in [0.1, 0.15) is 17.5 Å². The molecule has 0 aliphatic carbocycles. The maximum atomic E-state index is 13.1. The first-order chi connectivity index (χ1) is 12.7. The van der Waals surface area contributed by atoms with Crippen LogP contribution in [-0.4, -0.2) is 4.98 Å². The van der Waals surface area contributed by atoms with Crippen molar-refractivity contribution in [2.24, 2.45) is 0 Å². The topological polar surface area (TPSA) is 62.7 Å². The maximum Gasteiger partial charge on any atom is 0.416 e. The number of aromatic nitrogens is 1. The summed E-state index contributed by atoms with van der Waals surface area (Å²) in [6, 6.07) is 13.6. The predicted molar refractivity (Wildman–Crippen MR) is 99.0 cm³/mol. The number of nitrogens with zero attached hydrogens (tertiary/aromatic N) is 2. The van der Waals surface area contributed by atoms with E-state index in [4.69, 9.17) is 17.3 Å². The van der Waals surface area contributed by atoms with Crippen molar-refractivity contribution in [3.05, 3.63) is 70.2 Å². The molecular weight excluding hydrogens is 375 g/mol. The number of alkyl halides is 3. The number of nitriles is 1. The van der Waals surface area contributed by atoms with Crippen LogP contribution in [0, 0.1) is 18.3 Å². The molecule has 1 heterocycles. The molecule has 2 aromatic carbocycles. The van der Waals surface area contributed by atoms with Crippen LogP contribution < -0.4 is 5.73 Å². The standard InChI is InChI=1S/C20H13ClF3N3/c1-11-17(12-4-2-6-14(8-12)20(22,23)24)16(10-25)19(26)27-18(11)13-5-3-7-15(21)9-13/h2-9H,1H3,(H2,26,27). The number of hydrogen-bond acceptors (Lipinski definition) is 3. The molecule has 0 saturated carbocycles. The number of halogens is 4. The zero-order chi connectivity index (χ0) is 19.8. The summed E-state index contributed by atoms with van der Waals surface area (Å²) in [5, 5.41) is 9.99. The molecule has 3 rings (SSSR count). The lowest BCUT2D eigenvalue weighted by Gasteiger charge is -2.16. The number of nitrogens with two attached hydrogens (primary N) is 1. The molecular formula is C20H13ClF3N3. The van der Waals surface area contributed by atoms with E-state index in [0.717, 1.165) is 12.1 Å². The van der Waals surface area contributed by atoms with Gasteiger partial charge in [0.25, 0.3) is 0 Å². The van der Waals surface area contributed by atoms with Gasteiger partial charge in [-0.2, -0.15) is 18.4 Å². The normalized spacial score (nSPS) is 11.3. The molecule has 1 aromatic heterocycles. The number of anilines is 1. The van der Waals surface area contributed by atoms with Gasteiger partial charge in [-0.15, -0.1) is 0 Å². The Kier molecular flexibility index (Phi) is 4.81. The van der Waals surface area contributed by atoms with Gasteiger partial charge >= 0.3 is 6.18 Å². The van der Waals surface area contributed by atoms with Crippen LogP contribution in [-0.2, 0) is 6.18 Å². The lowest BCUT2D eigenvalue weighted by Crippen LogP contribution is -2.06. The molecule has 2 N–H and O–H groups in total. The molecule has 3 nitrogen and oxygen atoms in total. The van der Waals surface area contributed by atoms with Gasteiger partial charge in [-0.1, -0.05) is 35.9 Å². The second-order valence-corrected chi connectivity index (χ2v) is 6.36. The Hall–Kier alpha value is -3.04. The van der Waals surface area contributed by atoms with Crippen molar-refractivity contribution in [2.75, 3.05) is 5.73 Å². The average Bonchev–Trinajstić information content (AvgIpc) is 2.62.